The minimum atomic E-state index is -0.538. The molecule has 98 valence electrons. The van der Waals surface area contributed by atoms with Crippen LogP contribution >= 0.6 is 0 Å². The van der Waals surface area contributed by atoms with Crippen LogP contribution in [0, 0.1) is 6.92 Å². The van der Waals surface area contributed by atoms with E-state index < -0.39 is 6.10 Å². The van der Waals surface area contributed by atoms with Gasteiger partial charge in [-0.05, 0) is 13.8 Å². The number of aryl methyl sites for hydroxylation is 1. The quantitative estimate of drug-likeness (QED) is 0.795. The summed E-state index contributed by atoms with van der Waals surface area (Å²) in [5.74, 6) is 0.818. The highest BCUT2D eigenvalue weighted by atomic mass is 16.5. The van der Waals surface area contributed by atoms with E-state index in [4.69, 9.17) is 4.74 Å². The smallest absolute Gasteiger partial charge is 0.157 e. The minimum absolute atomic E-state index is 0.329. The predicted octanol–water partition coefficient (Wildman–Crippen LogP) is 0.847. The van der Waals surface area contributed by atoms with Crippen LogP contribution in [-0.2, 0) is 4.74 Å². The number of aliphatic hydroxyl groups is 1. The van der Waals surface area contributed by atoms with Crippen molar-refractivity contribution in [2.75, 3.05) is 25.1 Å². The third-order valence-corrected chi connectivity index (χ3v) is 2.52. The lowest BCUT2D eigenvalue weighted by atomic mass is 10.3. The van der Waals surface area contributed by atoms with Crippen LogP contribution in [0.2, 0.25) is 0 Å². The Bertz CT molecular complexity index is 512. The normalized spacial score (nSPS) is 12.8. The number of hydrogen-bond acceptors (Lipinski definition) is 5. The first-order chi connectivity index (χ1) is 8.70. The number of fused-ring (bicyclic) bond motifs is 1. The predicted molar refractivity (Wildman–Crippen MR) is 68.7 cm³/mol. The third-order valence-electron chi connectivity index (χ3n) is 2.52. The average molecular weight is 250 g/mol. The molecule has 2 aromatic heterocycles. The van der Waals surface area contributed by atoms with Crippen LogP contribution in [0.15, 0.2) is 18.3 Å². The van der Waals surface area contributed by atoms with Crippen molar-refractivity contribution in [3.63, 3.8) is 0 Å². The SMILES string of the molecule is CCOC[C@H](O)CNc1cc(C)nc2ccnn12. The van der Waals surface area contributed by atoms with Gasteiger partial charge in [0.25, 0.3) is 0 Å². The van der Waals surface area contributed by atoms with Gasteiger partial charge < -0.3 is 15.2 Å². The molecular weight excluding hydrogens is 232 g/mol. The highest BCUT2D eigenvalue weighted by Crippen LogP contribution is 2.11. The molecule has 6 nitrogen and oxygen atoms in total. The summed E-state index contributed by atoms with van der Waals surface area (Å²) < 4.78 is 6.86. The summed E-state index contributed by atoms with van der Waals surface area (Å²) in [7, 11) is 0. The molecule has 2 heterocycles. The Morgan fingerprint density at radius 1 is 1.56 bits per heavy atom. The molecule has 1 atom stereocenters. The van der Waals surface area contributed by atoms with Crippen molar-refractivity contribution < 1.29 is 9.84 Å². The van der Waals surface area contributed by atoms with Crippen molar-refractivity contribution in [3.05, 3.63) is 24.0 Å². The van der Waals surface area contributed by atoms with Crippen molar-refractivity contribution in [2.45, 2.75) is 20.0 Å². The molecule has 0 aromatic carbocycles. The maximum Gasteiger partial charge on any atom is 0.157 e. The molecule has 0 bridgehead atoms. The number of ether oxygens (including phenoxy) is 1. The average Bonchev–Trinajstić information content (AvgIpc) is 2.81. The van der Waals surface area contributed by atoms with Gasteiger partial charge in [-0.3, -0.25) is 0 Å². The molecule has 0 spiro atoms. The van der Waals surface area contributed by atoms with E-state index in [1.165, 1.54) is 0 Å². The number of nitrogens with one attached hydrogen (secondary N) is 1. The Kier molecular flexibility index (Phi) is 4.11. The molecule has 0 fully saturated rings. The Labute approximate surface area is 106 Å². The zero-order chi connectivity index (χ0) is 13.0. The number of hydrogen-bond donors (Lipinski definition) is 2. The first-order valence-electron chi connectivity index (χ1n) is 6.01. The van der Waals surface area contributed by atoms with Gasteiger partial charge in [0, 0.05) is 31.0 Å². The summed E-state index contributed by atoms with van der Waals surface area (Å²) in [5, 5.41) is 17.0. The van der Waals surface area contributed by atoms with Crippen molar-refractivity contribution in [1.82, 2.24) is 14.6 Å². The standard InChI is InChI=1S/C12H18N4O2/c1-3-18-8-10(17)7-13-12-6-9(2)15-11-4-5-14-16(11)12/h4-6,10,13,17H,3,7-8H2,1-2H3/t10-/m1/s1. The van der Waals surface area contributed by atoms with E-state index in [0.29, 0.717) is 19.8 Å². The van der Waals surface area contributed by atoms with E-state index in [1.54, 1.807) is 10.7 Å². The molecule has 2 aromatic rings. The summed E-state index contributed by atoms with van der Waals surface area (Å²) in [6.07, 6.45) is 1.16. The monoisotopic (exact) mass is 250 g/mol. The zero-order valence-electron chi connectivity index (χ0n) is 10.6. The van der Waals surface area contributed by atoms with E-state index in [1.807, 2.05) is 26.0 Å². The van der Waals surface area contributed by atoms with Gasteiger partial charge in [0.1, 0.15) is 5.82 Å². The third kappa shape index (κ3) is 2.96. The molecule has 2 rings (SSSR count). The second-order valence-electron chi connectivity index (χ2n) is 4.08. The first-order valence-corrected chi connectivity index (χ1v) is 6.01. The largest absolute Gasteiger partial charge is 0.389 e. The lowest BCUT2D eigenvalue weighted by Crippen LogP contribution is -2.25. The number of anilines is 1. The van der Waals surface area contributed by atoms with Crippen LogP contribution in [0.4, 0.5) is 5.82 Å². The van der Waals surface area contributed by atoms with Crippen LogP contribution in [0.5, 0.6) is 0 Å². The number of rotatable bonds is 6. The maximum absolute atomic E-state index is 9.70. The van der Waals surface area contributed by atoms with Crippen molar-refractivity contribution in [2.24, 2.45) is 0 Å². The van der Waals surface area contributed by atoms with Gasteiger partial charge in [0.05, 0.1) is 18.9 Å². The van der Waals surface area contributed by atoms with Crippen LogP contribution < -0.4 is 5.32 Å². The molecule has 0 amide bonds. The maximum atomic E-state index is 9.70. The molecule has 0 saturated heterocycles. The van der Waals surface area contributed by atoms with Crippen LogP contribution in [-0.4, -0.2) is 45.6 Å². The highest BCUT2D eigenvalue weighted by molar-refractivity contribution is 5.48. The molecule has 0 saturated carbocycles. The van der Waals surface area contributed by atoms with Gasteiger partial charge in [-0.2, -0.15) is 9.61 Å². The van der Waals surface area contributed by atoms with Gasteiger partial charge in [-0.1, -0.05) is 0 Å². The van der Waals surface area contributed by atoms with Crippen molar-refractivity contribution in [3.8, 4) is 0 Å². The fraction of sp³-hybridized carbons (Fsp3) is 0.500. The van der Waals surface area contributed by atoms with E-state index >= 15 is 0 Å². The molecule has 0 aliphatic carbocycles. The topological polar surface area (TPSA) is 71.7 Å². The van der Waals surface area contributed by atoms with E-state index in [-0.39, 0.29) is 0 Å². The van der Waals surface area contributed by atoms with E-state index in [9.17, 15) is 5.11 Å². The fourth-order valence-corrected chi connectivity index (χ4v) is 1.70. The zero-order valence-corrected chi connectivity index (χ0v) is 10.6. The summed E-state index contributed by atoms with van der Waals surface area (Å²) in [4.78, 5) is 4.35. The van der Waals surface area contributed by atoms with Crippen LogP contribution in [0.1, 0.15) is 12.6 Å². The van der Waals surface area contributed by atoms with Crippen LogP contribution in [0.3, 0.4) is 0 Å². The van der Waals surface area contributed by atoms with Crippen molar-refractivity contribution in [1.29, 1.82) is 0 Å². The Hall–Kier alpha value is -1.66. The minimum Gasteiger partial charge on any atom is -0.389 e. The molecule has 0 radical (unpaired) electrons. The Morgan fingerprint density at radius 2 is 2.39 bits per heavy atom. The second kappa shape index (κ2) is 5.79. The van der Waals surface area contributed by atoms with Gasteiger partial charge in [-0.25, -0.2) is 4.98 Å². The molecule has 2 N–H and O–H groups in total. The van der Waals surface area contributed by atoms with Gasteiger partial charge in [0.15, 0.2) is 5.65 Å². The van der Waals surface area contributed by atoms with Crippen LogP contribution in [0.25, 0.3) is 5.65 Å². The summed E-state index contributed by atoms with van der Waals surface area (Å²) in [6.45, 7) is 5.18. The number of aliphatic hydroxyl groups excluding tert-OH is 1. The summed E-state index contributed by atoms with van der Waals surface area (Å²) >= 11 is 0. The van der Waals surface area contributed by atoms with Gasteiger partial charge in [-0.15, -0.1) is 0 Å². The Balaban J connectivity index is 2.04. The highest BCUT2D eigenvalue weighted by Gasteiger charge is 2.07. The second-order valence-corrected chi connectivity index (χ2v) is 4.08. The molecule has 0 unspecified atom stereocenters. The lowest BCUT2D eigenvalue weighted by molar-refractivity contribution is 0.0495. The van der Waals surface area contributed by atoms with Gasteiger partial charge in [0.2, 0.25) is 0 Å². The molecule has 6 heteroatoms. The molecular formula is C12H18N4O2. The van der Waals surface area contributed by atoms with Crippen molar-refractivity contribution >= 4 is 11.5 Å². The molecule has 0 aliphatic heterocycles. The number of nitrogens with zero attached hydrogens (tertiary/aromatic N) is 3. The van der Waals surface area contributed by atoms with Gasteiger partial charge >= 0.3 is 0 Å². The Morgan fingerprint density at radius 3 is 3.17 bits per heavy atom. The molecule has 18 heavy (non-hydrogen) atoms. The van der Waals surface area contributed by atoms with E-state index in [0.717, 1.165) is 17.2 Å². The summed E-state index contributed by atoms with van der Waals surface area (Å²) in [6, 6.07) is 3.74. The lowest BCUT2D eigenvalue weighted by Gasteiger charge is -2.13. The first kappa shape index (κ1) is 12.8. The van der Waals surface area contributed by atoms with E-state index in [2.05, 4.69) is 15.4 Å². The fourth-order valence-electron chi connectivity index (χ4n) is 1.70. The molecule has 0 aliphatic rings. The number of aromatic nitrogens is 3. The summed E-state index contributed by atoms with van der Waals surface area (Å²) in [5.41, 5.74) is 1.70.